The Balaban J connectivity index is 2.02. The molecule has 1 aromatic carbocycles. The van der Waals surface area contributed by atoms with Gasteiger partial charge in [-0.05, 0) is 38.6 Å². The Hall–Kier alpha value is -1.75. The van der Waals surface area contributed by atoms with Crippen molar-refractivity contribution in [3.05, 3.63) is 23.8 Å². The minimum atomic E-state index is -0.262. The second-order valence-corrected chi connectivity index (χ2v) is 4.81. The third-order valence-corrected chi connectivity index (χ3v) is 3.12. The molecule has 1 heterocycles. The van der Waals surface area contributed by atoms with E-state index in [0.717, 1.165) is 25.9 Å². The van der Waals surface area contributed by atoms with Crippen molar-refractivity contribution in [3.8, 4) is 11.5 Å². The summed E-state index contributed by atoms with van der Waals surface area (Å²) < 4.78 is 0. The van der Waals surface area contributed by atoms with Crippen molar-refractivity contribution in [3.63, 3.8) is 0 Å². The second-order valence-electron chi connectivity index (χ2n) is 4.81. The summed E-state index contributed by atoms with van der Waals surface area (Å²) in [5.74, 6) is -0.483. The van der Waals surface area contributed by atoms with Crippen LogP contribution in [-0.2, 0) is 0 Å². The molecule has 0 bridgehead atoms. The van der Waals surface area contributed by atoms with Gasteiger partial charge in [0.25, 0.3) is 5.91 Å². The first-order valence-corrected chi connectivity index (χ1v) is 6.07. The first kappa shape index (κ1) is 12.7. The number of carbonyl (C=O) groups is 1. The lowest BCUT2D eigenvalue weighted by Gasteiger charge is -2.30. The number of nitrogens with one attached hydrogen (secondary N) is 1. The van der Waals surface area contributed by atoms with E-state index in [0.29, 0.717) is 0 Å². The van der Waals surface area contributed by atoms with Gasteiger partial charge < -0.3 is 20.4 Å². The summed E-state index contributed by atoms with van der Waals surface area (Å²) in [7, 11) is 2.03. The third kappa shape index (κ3) is 3.13. The smallest absolute Gasteiger partial charge is 0.251 e. The summed E-state index contributed by atoms with van der Waals surface area (Å²) in [5.41, 5.74) is 0.278. The predicted molar refractivity (Wildman–Crippen MR) is 67.8 cm³/mol. The van der Waals surface area contributed by atoms with Gasteiger partial charge in [-0.15, -0.1) is 0 Å². The van der Waals surface area contributed by atoms with Crippen molar-refractivity contribution < 1.29 is 15.0 Å². The number of likely N-dealkylation sites (tertiary alicyclic amines) is 1. The molecule has 1 aromatic rings. The molecule has 0 saturated carbocycles. The maximum absolute atomic E-state index is 12.0. The van der Waals surface area contributed by atoms with E-state index in [-0.39, 0.29) is 29.0 Å². The first-order chi connectivity index (χ1) is 8.54. The summed E-state index contributed by atoms with van der Waals surface area (Å²) in [6.07, 6.45) is 2.02. The molecule has 1 amide bonds. The minimum absolute atomic E-state index is 0.110. The van der Waals surface area contributed by atoms with E-state index in [1.54, 1.807) is 0 Å². The zero-order valence-electron chi connectivity index (χ0n) is 10.4. The summed E-state index contributed by atoms with van der Waals surface area (Å²) in [6.45, 7) is 1.88. The van der Waals surface area contributed by atoms with Crippen LogP contribution >= 0.6 is 0 Å². The lowest BCUT2D eigenvalue weighted by Crippen LogP contribution is -2.46. The molecule has 5 heteroatoms. The molecule has 1 saturated heterocycles. The van der Waals surface area contributed by atoms with Crippen molar-refractivity contribution in [1.82, 2.24) is 10.2 Å². The fourth-order valence-electron chi connectivity index (χ4n) is 2.28. The highest BCUT2D eigenvalue weighted by molar-refractivity contribution is 5.95. The molecule has 98 valence electrons. The molecule has 1 aliphatic heterocycles. The molecular weight excluding hydrogens is 232 g/mol. The van der Waals surface area contributed by atoms with E-state index in [9.17, 15) is 15.0 Å². The molecule has 1 atom stereocenters. The zero-order valence-corrected chi connectivity index (χ0v) is 10.4. The molecular formula is C13H18N2O3. The standard InChI is InChI=1S/C13H18N2O3/c1-15-4-2-3-10(8-15)14-13(18)9-5-11(16)7-12(17)6-9/h5-7,10,16-17H,2-4,8H2,1H3,(H,14,18)/t10-/m1/s1. The lowest BCUT2D eigenvalue weighted by molar-refractivity contribution is 0.0911. The van der Waals surface area contributed by atoms with Crippen LogP contribution in [0.15, 0.2) is 18.2 Å². The molecule has 3 N–H and O–H groups in total. The largest absolute Gasteiger partial charge is 0.508 e. The van der Waals surface area contributed by atoms with Crippen molar-refractivity contribution in [2.24, 2.45) is 0 Å². The van der Waals surface area contributed by atoms with Crippen LogP contribution in [0.4, 0.5) is 0 Å². The number of aromatic hydroxyl groups is 2. The van der Waals surface area contributed by atoms with Crippen molar-refractivity contribution in [2.75, 3.05) is 20.1 Å². The quantitative estimate of drug-likeness (QED) is 0.730. The monoisotopic (exact) mass is 250 g/mol. The van der Waals surface area contributed by atoms with Gasteiger partial charge in [0.05, 0.1) is 0 Å². The fraction of sp³-hybridized carbons (Fsp3) is 0.462. The van der Waals surface area contributed by atoms with E-state index in [1.165, 1.54) is 18.2 Å². The Bertz CT molecular complexity index is 428. The molecule has 0 radical (unpaired) electrons. The molecule has 0 aliphatic carbocycles. The van der Waals surface area contributed by atoms with Gasteiger partial charge >= 0.3 is 0 Å². The van der Waals surface area contributed by atoms with Crippen LogP contribution in [0.3, 0.4) is 0 Å². The molecule has 18 heavy (non-hydrogen) atoms. The first-order valence-electron chi connectivity index (χ1n) is 6.07. The summed E-state index contributed by atoms with van der Waals surface area (Å²) in [4.78, 5) is 14.1. The molecule has 5 nitrogen and oxygen atoms in total. The van der Waals surface area contributed by atoms with Crippen LogP contribution in [0.5, 0.6) is 11.5 Å². The predicted octanol–water partition coefficient (Wildman–Crippen LogP) is 0.922. The van der Waals surface area contributed by atoms with Crippen LogP contribution in [0.2, 0.25) is 0 Å². The Morgan fingerprint density at radius 2 is 2.00 bits per heavy atom. The van der Waals surface area contributed by atoms with Gasteiger partial charge in [-0.3, -0.25) is 4.79 Å². The van der Waals surface area contributed by atoms with Gasteiger partial charge in [0, 0.05) is 24.2 Å². The topological polar surface area (TPSA) is 72.8 Å². The number of rotatable bonds is 2. The number of phenolic OH excluding ortho intramolecular Hbond substituents is 2. The van der Waals surface area contributed by atoms with Gasteiger partial charge in [0.1, 0.15) is 11.5 Å². The number of hydrogen-bond acceptors (Lipinski definition) is 4. The van der Waals surface area contributed by atoms with Gasteiger partial charge in [-0.2, -0.15) is 0 Å². The average molecular weight is 250 g/mol. The fourth-order valence-corrected chi connectivity index (χ4v) is 2.28. The van der Waals surface area contributed by atoms with E-state index in [1.807, 2.05) is 7.05 Å². The second kappa shape index (κ2) is 5.27. The maximum atomic E-state index is 12.0. The highest BCUT2D eigenvalue weighted by atomic mass is 16.3. The molecule has 1 fully saturated rings. The Morgan fingerprint density at radius 3 is 2.61 bits per heavy atom. The number of benzene rings is 1. The Labute approximate surface area is 106 Å². The zero-order chi connectivity index (χ0) is 13.1. The summed E-state index contributed by atoms with van der Waals surface area (Å²) in [5, 5.41) is 21.6. The number of carbonyl (C=O) groups excluding carboxylic acids is 1. The minimum Gasteiger partial charge on any atom is -0.508 e. The van der Waals surface area contributed by atoms with Crippen molar-refractivity contribution in [1.29, 1.82) is 0 Å². The van der Waals surface area contributed by atoms with Crippen LogP contribution < -0.4 is 5.32 Å². The van der Waals surface area contributed by atoms with E-state index < -0.39 is 0 Å². The van der Waals surface area contributed by atoms with Crippen LogP contribution in [0.25, 0.3) is 0 Å². The Kier molecular flexibility index (Phi) is 3.72. The number of nitrogens with zero attached hydrogens (tertiary/aromatic N) is 1. The molecule has 1 aliphatic rings. The van der Waals surface area contributed by atoms with Gasteiger partial charge in [-0.1, -0.05) is 0 Å². The highest BCUT2D eigenvalue weighted by Gasteiger charge is 2.19. The number of piperidine rings is 1. The van der Waals surface area contributed by atoms with Crippen molar-refractivity contribution in [2.45, 2.75) is 18.9 Å². The van der Waals surface area contributed by atoms with E-state index in [2.05, 4.69) is 10.2 Å². The summed E-state index contributed by atoms with van der Waals surface area (Å²) >= 11 is 0. The normalized spacial score (nSPS) is 20.6. The third-order valence-electron chi connectivity index (χ3n) is 3.12. The number of likely N-dealkylation sites (N-methyl/N-ethyl adjacent to an activating group) is 1. The van der Waals surface area contributed by atoms with Gasteiger partial charge in [0.15, 0.2) is 0 Å². The van der Waals surface area contributed by atoms with Gasteiger partial charge in [-0.25, -0.2) is 0 Å². The van der Waals surface area contributed by atoms with E-state index in [4.69, 9.17) is 0 Å². The van der Waals surface area contributed by atoms with E-state index >= 15 is 0 Å². The number of phenols is 2. The molecule has 2 rings (SSSR count). The Morgan fingerprint density at radius 1 is 1.33 bits per heavy atom. The van der Waals surface area contributed by atoms with Gasteiger partial charge in [0.2, 0.25) is 0 Å². The highest BCUT2D eigenvalue weighted by Crippen LogP contribution is 2.20. The lowest BCUT2D eigenvalue weighted by atomic mass is 10.1. The average Bonchev–Trinajstić information content (AvgIpc) is 2.27. The molecule has 0 aromatic heterocycles. The SMILES string of the molecule is CN1CCC[C@@H](NC(=O)c2cc(O)cc(O)c2)C1. The number of hydrogen-bond donors (Lipinski definition) is 3. The maximum Gasteiger partial charge on any atom is 0.251 e. The molecule has 0 unspecified atom stereocenters. The number of amides is 1. The van der Waals surface area contributed by atoms with Crippen LogP contribution in [0.1, 0.15) is 23.2 Å². The van der Waals surface area contributed by atoms with Crippen LogP contribution in [-0.4, -0.2) is 47.2 Å². The summed E-state index contributed by atoms with van der Waals surface area (Å²) in [6, 6.07) is 4.02. The van der Waals surface area contributed by atoms with Crippen LogP contribution in [0, 0.1) is 0 Å². The molecule has 0 spiro atoms. The van der Waals surface area contributed by atoms with Crippen molar-refractivity contribution >= 4 is 5.91 Å².